The summed E-state index contributed by atoms with van der Waals surface area (Å²) < 4.78 is 3.17. The molecule has 0 amide bonds. The number of aryl methyl sites for hydroxylation is 1. The van der Waals surface area contributed by atoms with Crippen LogP contribution in [0.4, 0.5) is 0 Å². The van der Waals surface area contributed by atoms with Crippen molar-refractivity contribution < 1.29 is 5.11 Å². The number of hydrogen-bond donors (Lipinski definition) is 1. The lowest BCUT2D eigenvalue weighted by Crippen LogP contribution is -2.14. The van der Waals surface area contributed by atoms with Crippen LogP contribution in [-0.2, 0) is 13.0 Å². The summed E-state index contributed by atoms with van der Waals surface area (Å²) in [7, 11) is 0. The number of aromatic nitrogens is 2. The van der Waals surface area contributed by atoms with Gasteiger partial charge in [-0.05, 0) is 30.5 Å². The predicted octanol–water partition coefficient (Wildman–Crippen LogP) is 3.06. The van der Waals surface area contributed by atoms with E-state index in [1.807, 2.05) is 12.1 Å². The van der Waals surface area contributed by atoms with Gasteiger partial charge in [0.2, 0.25) is 0 Å². The molecule has 1 aliphatic rings. The molecule has 3 nitrogen and oxygen atoms in total. The maximum atomic E-state index is 9.89. The SMILES string of the molecule is OC1CCCn2cc(Cc3ccc(Br)cc3)nc21. The van der Waals surface area contributed by atoms with E-state index >= 15 is 0 Å². The molecular formula is C14H15BrN2O. The van der Waals surface area contributed by atoms with E-state index in [-0.39, 0.29) is 0 Å². The molecule has 1 atom stereocenters. The van der Waals surface area contributed by atoms with Crippen LogP contribution >= 0.6 is 15.9 Å². The molecule has 0 aliphatic carbocycles. The molecule has 0 spiro atoms. The standard InChI is InChI=1S/C14H15BrN2O/c15-11-5-3-10(4-6-11)8-12-9-17-7-1-2-13(18)14(17)16-12/h3-6,9,13,18H,1-2,7-8H2. The molecule has 0 saturated carbocycles. The van der Waals surface area contributed by atoms with Crippen LogP contribution in [0.15, 0.2) is 34.9 Å². The first-order valence-electron chi connectivity index (χ1n) is 6.21. The van der Waals surface area contributed by atoms with E-state index in [0.29, 0.717) is 0 Å². The summed E-state index contributed by atoms with van der Waals surface area (Å²) in [6, 6.07) is 8.28. The van der Waals surface area contributed by atoms with Gasteiger partial charge in [-0.1, -0.05) is 28.1 Å². The number of nitrogens with zero attached hydrogens (tertiary/aromatic N) is 2. The Labute approximate surface area is 115 Å². The Morgan fingerprint density at radius 2 is 2.11 bits per heavy atom. The van der Waals surface area contributed by atoms with Crippen molar-refractivity contribution >= 4 is 15.9 Å². The highest BCUT2D eigenvalue weighted by Gasteiger charge is 2.20. The third-order valence-corrected chi connectivity index (χ3v) is 3.86. The summed E-state index contributed by atoms with van der Waals surface area (Å²) >= 11 is 3.43. The average molecular weight is 307 g/mol. The van der Waals surface area contributed by atoms with Crippen LogP contribution in [0, 0.1) is 0 Å². The fourth-order valence-corrected chi connectivity index (χ4v) is 2.68. The first-order chi connectivity index (χ1) is 8.72. The van der Waals surface area contributed by atoms with Gasteiger partial charge in [-0.15, -0.1) is 0 Å². The molecule has 1 N–H and O–H groups in total. The van der Waals surface area contributed by atoms with Gasteiger partial charge in [0.25, 0.3) is 0 Å². The second kappa shape index (κ2) is 4.86. The first kappa shape index (κ1) is 11.9. The predicted molar refractivity (Wildman–Crippen MR) is 73.4 cm³/mol. The Bertz CT molecular complexity index is 547. The second-order valence-electron chi connectivity index (χ2n) is 4.75. The van der Waals surface area contributed by atoms with E-state index in [1.165, 1.54) is 5.56 Å². The van der Waals surface area contributed by atoms with Gasteiger partial charge in [0, 0.05) is 23.6 Å². The van der Waals surface area contributed by atoms with Crippen molar-refractivity contribution in [2.75, 3.05) is 0 Å². The molecule has 0 radical (unpaired) electrons. The number of aliphatic hydroxyl groups is 1. The Morgan fingerprint density at radius 1 is 1.33 bits per heavy atom. The molecule has 0 fully saturated rings. The largest absolute Gasteiger partial charge is 0.385 e. The first-order valence-corrected chi connectivity index (χ1v) is 7.00. The quantitative estimate of drug-likeness (QED) is 0.926. The highest BCUT2D eigenvalue weighted by Crippen LogP contribution is 2.25. The molecule has 1 aromatic carbocycles. The molecule has 1 aromatic heterocycles. The van der Waals surface area contributed by atoms with E-state index in [1.54, 1.807) is 0 Å². The summed E-state index contributed by atoms with van der Waals surface area (Å²) in [5, 5.41) is 9.89. The Balaban J connectivity index is 1.83. The fraction of sp³-hybridized carbons (Fsp3) is 0.357. The molecule has 0 saturated heterocycles. The minimum absolute atomic E-state index is 0.391. The zero-order chi connectivity index (χ0) is 12.5. The summed E-state index contributed by atoms with van der Waals surface area (Å²) in [6.07, 6.45) is 4.36. The molecule has 0 bridgehead atoms. The van der Waals surface area contributed by atoms with E-state index in [2.05, 4.69) is 43.8 Å². The molecule has 4 heteroatoms. The number of hydrogen-bond acceptors (Lipinski definition) is 2. The van der Waals surface area contributed by atoms with Crippen LogP contribution in [0.3, 0.4) is 0 Å². The van der Waals surface area contributed by atoms with Gasteiger partial charge in [-0.3, -0.25) is 0 Å². The maximum Gasteiger partial charge on any atom is 0.137 e. The van der Waals surface area contributed by atoms with Gasteiger partial charge in [-0.25, -0.2) is 4.98 Å². The van der Waals surface area contributed by atoms with Crippen molar-refractivity contribution in [3.05, 3.63) is 52.0 Å². The van der Waals surface area contributed by atoms with Gasteiger partial charge in [-0.2, -0.15) is 0 Å². The van der Waals surface area contributed by atoms with Crippen molar-refractivity contribution in [1.29, 1.82) is 0 Å². The van der Waals surface area contributed by atoms with E-state index < -0.39 is 6.10 Å². The van der Waals surface area contributed by atoms with Crippen molar-refractivity contribution in [3.8, 4) is 0 Å². The van der Waals surface area contributed by atoms with Crippen molar-refractivity contribution in [1.82, 2.24) is 9.55 Å². The number of rotatable bonds is 2. The highest BCUT2D eigenvalue weighted by atomic mass is 79.9. The van der Waals surface area contributed by atoms with Crippen LogP contribution in [0.5, 0.6) is 0 Å². The molecule has 2 heterocycles. The Morgan fingerprint density at radius 3 is 2.83 bits per heavy atom. The molecule has 2 aromatic rings. The monoisotopic (exact) mass is 306 g/mol. The summed E-state index contributed by atoms with van der Waals surface area (Å²) in [4.78, 5) is 4.55. The zero-order valence-electron chi connectivity index (χ0n) is 10.0. The van der Waals surface area contributed by atoms with Crippen molar-refractivity contribution in [2.45, 2.75) is 31.9 Å². The van der Waals surface area contributed by atoms with Crippen LogP contribution in [-0.4, -0.2) is 14.7 Å². The summed E-state index contributed by atoms with van der Waals surface area (Å²) in [5.74, 6) is 0.827. The molecular weight excluding hydrogens is 292 g/mol. The number of aliphatic hydroxyl groups excluding tert-OH is 1. The van der Waals surface area contributed by atoms with Crippen LogP contribution in [0.2, 0.25) is 0 Å². The van der Waals surface area contributed by atoms with Crippen LogP contribution in [0.1, 0.15) is 36.0 Å². The van der Waals surface area contributed by atoms with Gasteiger partial charge in [0.1, 0.15) is 11.9 Å². The van der Waals surface area contributed by atoms with Crippen molar-refractivity contribution in [3.63, 3.8) is 0 Å². The third-order valence-electron chi connectivity index (χ3n) is 3.33. The van der Waals surface area contributed by atoms with Crippen LogP contribution < -0.4 is 0 Å². The smallest absolute Gasteiger partial charge is 0.137 e. The topological polar surface area (TPSA) is 38.0 Å². The number of fused-ring (bicyclic) bond motifs is 1. The second-order valence-corrected chi connectivity index (χ2v) is 5.66. The summed E-state index contributed by atoms with van der Waals surface area (Å²) in [5.41, 5.74) is 2.27. The van der Waals surface area contributed by atoms with Gasteiger partial charge in [0.05, 0.1) is 5.69 Å². The van der Waals surface area contributed by atoms with Gasteiger partial charge in [0.15, 0.2) is 0 Å². The normalized spacial score (nSPS) is 18.7. The van der Waals surface area contributed by atoms with Crippen molar-refractivity contribution in [2.24, 2.45) is 0 Å². The number of halogens is 1. The minimum atomic E-state index is -0.391. The molecule has 18 heavy (non-hydrogen) atoms. The Kier molecular flexibility index (Phi) is 3.22. The summed E-state index contributed by atoms with van der Waals surface area (Å²) in [6.45, 7) is 0.972. The van der Waals surface area contributed by atoms with E-state index in [0.717, 1.165) is 41.8 Å². The lowest BCUT2D eigenvalue weighted by atomic mass is 10.1. The lowest BCUT2D eigenvalue weighted by molar-refractivity contribution is 0.133. The molecule has 3 rings (SSSR count). The number of imidazole rings is 1. The van der Waals surface area contributed by atoms with E-state index in [9.17, 15) is 5.11 Å². The molecule has 1 unspecified atom stereocenters. The maximum absolute atomic E-state index is 9.89. The molecule has 94 valence electrons. The third kappa shape index (κ3) is 2.35. The zero-order valence-corrected chi connectivity index (χ0v) is 11.6. The molecule has 1 aliphatic heterocycles. The minimum Gasteiger partial charge on any atom is -0.385 e. The Hall–Kier alpha value is -1.13. The van der Waals surface area contributed by atoms with Gasteiger partial charge >= 0.3 is 0 Å². The highest BCUT2D eigenvalue weighted by molar-refractivity contribution is 9.10. The average Bonchev–Trinajstić information content (AvgIpc) is 2.76. The van der Waals surface area contributed by atoms with Crippen LogP contribution in [0.25, 0.3) is 0 Å². The van der Waals surface area contributed by atoms with E-state index in [4.69, 9.17) is 0 Å². The van der Waals surface area contributed by atoms with Gasteiger partial charge < -0.3 is 9.67 Å². The fourth-order valence-electron chi connectivity index (χ4n) is 2.41. The number of benzene rings is 1. The lowest BCUT2D eigenvalue weighted by Gasteiger charge is -2.18.